The Bertz CT molecular complexity index is 1250. The smallest absolute Gasteiger partial charge is 0.159 e. The first kappa shape index (κ1) is 23.8. The zero-order valence-corrected chi connectivity index (χ0v) is 21.5. The summed E-state index contributed by atoms with van der Waals surface area (Å²) in [6, 6.07) is 6.60. The Hall–Kier alpha value is -2.59. The van der Waals surface area contributed by atoms with Crippen molar-refractivity contribution in [1.82, 2.24) is 24.6 Å². The van der Waals surface area contributed by atoms with Gasteiger partial charge in [0.05, 0.1) is 49.8 Å². The molecule has 1 aromatic carbocycles. The first-order chi connectivity index (χ1) is 17.4. The van der Waals surface area contributed by atoms with E-state index in [-0.39, 0.29) is 18.2 Å². The maximum Gasteiger partial charge on any atom is 0.159 e. The number of fused-ring (bicyclic) bond motifs is 1. The summed E-state index contributed by atoms with van der Waals surface area (Å²) in [5.74, 6) is 2.86. The summed E-state index contributed by atoms with van der Waals surface area (Å²) >= 11 is 0. The topological polar surface area (TPSA) is 88.8 Å². The Morgan fingerprint density at radius 2 is 1.83 bits per heavy atom. The molecule has 3 aliphatic heterocycles. The van der Waals surface area contributed by atoms with Gasteiger partial charge in [0, 0.05) is 24.5 Å². The Balaban J connectivity index is 1.29. The number of nitrogens with zero attached hydrogens (tertiary/aromatic N) is 6. The van der Waals surface area contributed by atoms with Crippen LogP contribution in [0.1, 0.15) is 42.6 Å². The maximum absolute atomic E-state index is 9.55. The molecule has 3 fully saturated rings. The molecule has 3 saturated heterocycles. The molecule has 3 aromatic rings. The quantitative estimate of drug-likeness (QED) is 0.582. The number of anilines is 1. The minimum atomic E-state index is -0.195. The summed E-state index contributed by atoms with van der Waals surface area (Å²) in [7, 11) is 0. The fourth-order valence-electron chi connectivity index (χ4n) is 5.98. The van der Waals surface area contributed by atoms with Crippen molar-refractivity contribution in [1.29, 1.82) is 0 Å². The van der Waals surface area contributed by atoms with Crippen molar-refractivity contribution in [2.24, 2.45) is 0 Å². The van der Waals surface area contributed by atoms with E-state index in [9.17, 15) is 5.11 Å². The van der Waals surface area contributed by atoms with Crippen molar-refractivity contribution >= 4 is 16.7 Å². The van der Waals surface area contributed by atoms with E-state index in [1.54, 1.807) is 0 Å². The van der Waals surface area contributed by atoms with Gasteiger partial charge >= 0.3 is 0 Å². The molecule has 0 spiro atoms. The van der Waals surface area contributed by atoms with Crippen molar-refractivity contribution < 1.29 is 14.6 Å². The zero-order chi connectivity index (χ0) is 24.9. The monoisotopic (exact) mass is 492 g/mol. The van der Waals surface area contributed by atoms with E-state index in [4.69, 9.17) is 19.6 Å². The molecule has 36 heavy (non-hydrogen) atoms. The summed E-state index contributed by atoms with van der Waals surface area (Å²) in [6.07, 6.45) is 4.06. The molecule has 1 atom stereocenters. The van der Waals surface area contributed by atoms with Gasteiger partial charge in [-0.3, -0.25) is 4.90 Å². The van der Waals surface area contributed by atoms with Crippen LogP contribution in [0.25, 0.3) is 16.7 Å². The first-order valence-electron chi connectivity index (χ1n) is 13.1. The van der Waals surface area contributed by atoms with Crippen LogP contribution in [0, 0.1) is 13.8 Å². The van der Waals surface area contributed by atoms with Gasteiger partial charge in [0.25, 0.3) is 0 Å². The molecule has 5 heterocycles. The number of rotatable bonds is 5. The number of aromatic nitrogens is 4. The van der Waals surface area contributed by atoms with E-state index in [2.05, 4.69) is 40.8 Å². The normalized spacial score (nSPS) is 23.2. The molecule has 0 bridgehead atoms. The maximum atomic E-state index is 9.55. The number of hydrogen-bond acceptors (Lipinski definition) is 8. The van der Waals surface area contributed by atoms with Crippen LogP contribution < -0.4 is 4.90 Å². The van der Waals surface area contributed by atoms with Crippen LogP contribution >= 0.6 is 0 Å². The molecule has 9 heteroatoms. The van der Waals surface area contributed by atoms with Gasteiger partial charge in [-0.1, -0.05) is 0 Å². The van der Waals surface area contributed by atoms with Crippen molar-refractivity contribution in [2.45, 2.75) is 51.2 Å². The van der Waals surface area contributed by atoms with Gasteiger partial charge in [0.15, 0.2) is 5.82 Å². The Morgan fingerprint density at radius 3 is 2.56 bits per heavy atom. The number of hydrogen-bond donors (Lipinski definition) is 1. The predicted octanol–water partition coefficient (Wildman–Crippen LogP) is 2.60. The molecule has 0 unspecified atom stereocenters. The molecule has 0 radical (unpaired) electrons. The number of ether oxygens (including phenoxy) is 2. The van der Waals surface area contributed by atoms with Crippen LogP contribution in [0.5, 0.6) is 0 Å². The van der Waals surface area contributed by atoms with Gasteiger partial charge in [0.1, 0.15) is 11.6 Å². The van der Waals surface area contributed by atoms with Crippen LogP contribution in [-0.2, 0) is 9.47 Å². The highest BCUT2D eigenvalue weighted by Crippen LogP contribution is 2.36. The van der Waals surface area contributed by atoms with Gasteiger partial charge in [-0.25, -0.2) is 14.6 Å². The lowest BCUT2D eigenvalue weighted by atomic mass is 9.84. The standard InChI is InChI=1S/C27H36N6O3/c1-18-10-21-13-28-33(26-12-25(29-19(2)30-26)31-8-9-36-22(14-31)15-34)24(21)11-23(18)20-4-6-32(7-5-20)27(3)16-35-17-27/h10-13,20,22,34H,4-9,14-17H2,1-3H3/t22-/m0/s1. The third-order valence-electron chi connectivity index (χ3n) is 8.17. The van der Waals surface area contributed by atoms with E-state index in [1.165, 1.54) is 11.1 Å². The fraction of sp³-hybridized carbons (Fsp3) is 0.593. The predicted molar refractivity (Wildman–Crippen MR) is 138 cm³/mol. The van der Waals surface area contributed by atoms with Crippen LogP contribution in [-0.4, -0.2) is 94.0 Å². The molecule has 6 rings (SSSR count). The summed E-state index contributed by atoms with van der Waals surface area (Å²) in [4.78, 5) is 14.2. The number of benzene rings is 1. The summed E-state index contributed by atoms with van der Waals surface area (Å²) in [5.41, 5.74) is 4.06. The number of aryl methyl sites for hydroxylation is 2. The first-order valence-corrected chi connectivity index (χ1v) is 13.1. The lowest BCUT2D eigenvalue weighted by Crippen LogP contribution is -2.61. The number of aliphatic hydroxyl groups excluding tert-OH is 1. The Kier molecular flexibility index (Phi) is 6.19. The molecular weight excluding hydrogens is 456 g/mol. The number of likely N-dealkylation sites (tertiary alicyclic amines) is 1. The van der Waals surface area contributed by atoms with E-state index >= 15 is 0 Å². The molecule has 9 nitrogen and oxygen atoms in total. The highest BCUT2D eigenvalue weighted by Gasteiger charge is 2.41. The third-order valence-corrected chi connectivity index (χ3v) is 8.17. The Labute approximate surface area is 212 Å². The molecule has 0 amide bonds. The second-order valence-electron chi connectivity index (χ2n) is 10.8. The summed E-state index contributed by atoms with van der Waals surface area (Å²) in [5, 5.41) is 15.4. The van der Waals surface area contributed by atoms with E-state index < -0.39 is 0 Å². The number of piperidine rings is 1. The SMILES string of the molecule is Cc1nc(N2CCO[C@H](CO)C2)cc(-n2ncc3cc(C)c(C4CCN(C5(C)COC5)CC4)cc32)n1. The molecule has 0 aliphatic carbocycles. The van der Waals surface area contributed by atoms with Crippen LogP contribution in [0.3, 0.4) is 0 Å². The highest BCUT2D eigenvalue weighted by atomic mass is 16.5. The lowest BCUT2D eigenvalue weighted by Gasteiger charge is -2.50. The van der Waals surface area contributed by atoms with E-state index in [0.717, 1.165) is 68.2 Å². The average Bonchev–Trinajstić information content (AvgIpc) is 3.29. The summed E-state index contributed by atoms with van der Waals surface area (Å²) < 4.78 is 13.1. The van der Waals surface area contributed by atoms with Crippen LogP contribution in [0.2, 0.25) is 0 Å². The molecule has 2 aromatic heterocycles. The van der Waals surface area contributed by atoms with Crippen LogP contribution in [0.4, 0.5) is 5.82 Å². The van der Waals surface area contributed by atoms with Gasteiger partial charge in [0.2, 0.25) is 0 Å². The molecular formula is C27H36N6O3. The van der Waals surface area contributed by atoms with Crippen LogP contribution in [0.15, 0.2) is 24.4 Å². The minimum absolute atomic E-state index is 0.00525. The van der Waals surface area contributed by atoms with Crippen molar-refractivity contribution in [3.63, 3.8) is 0 Å². The van der Waals surface area contributed by atoms with Crippen molar-refractivity contribution in [3.8, 4) is 5.82 Å². The second-order valence-corrected chi connectivity index (χ2v) is 10.8. The summed E-state index contributed by atoms with van der Waals surface area (Å²) in [6.45, 7) is 12.3. The Morgan fingerprint density at radius 1 is 1.06 bits per heavy atom. The molecule has 1 N–H and O–H groups in total. The highest BCUT2D eigenvalue weighted by molar-refractivity contribution is 5.82. The van der Waals surface area contributed by atoms with Gasteiger partial charge in [-0.05, 0) is 75.9 Å². The number of morpholine rings is 1. The average molecular weight is 493 g/mol. The van der Waals surface area contributed by atoms with Gasteiger partial charge in [-0.2, -0.15) is 5.10 Å². The molecule has 0 saturated carbocycles. The second kappa shape index (κ2) is 9.37. The largest absolute Gasteiger partial charge is 0.394 e. The van der Waals surface area contributed by atoms with Crippen molar-refractivity contribution in [3.05, 3.63) is 41.3 Å². The molecule has 192 valence electrons. The van der Waals surface area contributed by atoms with E-state index in [0.29, 0.717) is 24.9 Å². The van der Waals surface area contributed by atoms with Gasteiger partial charge < -0.3 is 19.5 Å². The van der Waals surface area contributed by atoms with E-state index in [1.807, 2.05) is 23.9 Å². The third kappa shape index (κ3) is 4.28. The zero-order valence-electron chi connectivity index (χ0n) is 21.5. The fourth-order valence-corrected chi connectivity index (χ4v) is 5.98. The lowest BCUT2D eigenvalue weighted by molar-refractivity contribution is -0.136. The van der Waals surface area contributed by atoms with Crippen molar-refractivity contribution in [2.75, 3.05) is 57.5 Å². The minimum Gasteiger partial charge on any atom is -0.394 e. The van der Waals surface area contributed by atoms with Gasteiger partial charge in [-0.15, -0.1) is 0 Å². The number of aliphatic hydroxyl groups is 1. The molecule has 3 aliphatic rings.